The van der Waals surface area contributed by atoms with E-state index < -0.39 is 0 Å². The highest BCUT2D eigenvalue weighted by Gasteiger charge is 2.14. The Kier molecular flexibility index (Phi) is 8.90. The number of allylic oxidation sites excluding steroid dienone is 1. The first-order valence-electron chi connectivity index (χ1n) is 9.50. The van der Waals surface area contributed by atoms with Gasteiger partial charge in [-0.2, -0.15) is 0 Å². The van der Waals surface area contributed by atoms with Crippen molar-refractivity contribution in [1.82, 2.24) is 14.8 Å². The summed E-state index contributed by atoms with van der Waals surface area (Å²) in [6, 6.07) is 13.2. The first-order valence-corrected chi connectivity index (χ1v) is 12.4. The number of hydrogen-bond donors (Lipinski definition) is 1. The highest BCUT2D eigenvalue weighted by Crippen LogP contribution is 2.24. The van der Waals surface area contributed by atoms with E-state index in [2.05, 4.69) is 22.1 Å². The summed E-state index contributed by atoms with van der Waals surface area (Å²) in [5.74, 6) is 2.51. The maximum Gasteiger partial charge on any atom is 0.234 e. The second-order valence-electron chi connectivity index (χ2n) is 6.71. The average Bonchev–Trinajstić information content (AvgIpc) is 3.12. The Morgan fingerprint density at radius 3 is 2.61 bits per heavy atom. The van der Waals surface area contributed by atoms with E-state index in [1.54, 1.807) is 30.0 Å². The minimum absolute atomic E-state index is 0.123. The molecule has 0 atom stereocenters. The lowest BCUT2D eigenvalue weighted by molar-refractivity contribution is -0.113. The van der Waals surface area contributed by atoms with Crippen LogP contribution in [0.4, 0.5) is 5.69 Å². The Hall–Kier alpha value is -1.93. The van der Waals surface area contributed by atoms with Crippen LogP contribution in [0.15, 0.2) is 60.3 Å². The van der Waals surface area contributed by atoms with Gasteiger partial charge in [-0.25, -0.2) is 0 Å². The molecule has 0 radical (unpaired) electrons. The van der Waals surface area contributed by atoms with Crippen molar-refractivity contribution < 1.29 is 4.79 Å². The summed E-state index contributed by atoms with van der Waals surface area (Å²) >= 11 is 15.1. The van der Waals surface area contributed by atoms with E-state index >= 15 is 0 Å². The molecular formula is C22H22Cl2N4OS2. The van der Waals surface area contributed by atoms with Gasteiger partial charge < -0.3 is 9.88 Å². The molecule has 162 valence electrons. The number of anilines is 1. The van der Waals surface area contributed by atoms with Gasteiger partial charge in [0.05, 0.1) is 11.5 Å². The first kappa shape index (κ1) is 23.7. The minimum Gasteiger partial charge on any atom is -0.325 e. The van der Waals surface area contributed by atoms with E-state index in [9.17, 15) is 4.79 Å². The van der Waals surface area contributed by atoms with Gasteiger partial charge in [-0.1, -0.05) is 59.2 Å². The number of benzene rings is 2. The van der Waals surface area contributed by atoms with E-state index in [1.165, 1.54) is 17.3 Å². The second kappa shape index (κ2) is 11.6. The van der Waals surface area contributed by atoms with Crippen molar-refractivity contribution >= 4 is 58.3 Å². The Morgan fingerprint density at radius 2 is 1.87 bits per heavy atom. The summed E-state index contributed by atoms with van der Waals surface area (Å²) in [7, 11) is 0. The van der Waals surface area contributed by atoms with Gasteiger partial charge in [0, 0.05) is 28.0 Å². The van der Waals surface area contributed by atoms with Crippen LogP contribution in [0, 0.1) is 6.92 Å². The fourth-order valence-electron chi connectivity index (χ4n) is 2.73. The highest BCUT2D eigenvalue weighted by atomic mass is 35.5. The maximum absolute atomic E-state index is 12.4. The lowest BCUT2D eigenvalue weighted by Crippen LogP contribution is -2.15. The van der Waals surface area contributed by atoms with Crippen molar-refractivity contribution in [3.8, 4) is 0 Å². The van der Waals surface area contributed by atoms with Crippen molar-refractivity contribution in [2.24, 2.45) is 0 Å². The quantitative estimate of drug-likeness (QED) is 0.268. The van der Waals surface area contributed by atoms with Gasteiger partial charge in [0.25, 0.3) is 0 Å². The standard InChI is InChI=1S/C22H22Cl2N4OS2/c1-3-10-28-20(13-30-12-16-5-8-17(23)9-6-16)26-27-22(28)31-14-21(29)25-19-11-18(24)7-4-15(19)2/h3-9,11H,1,10,12-14H2,2H3,(H,25,29). The van der Waals surface area contributed by atoms with Gasteiger partial charge in [0.15, 0.2) is 5.16 Å². The predicted octanol–water partition coefficient (Wildman–Crippen LogP) is 6.24. The summed E-state index contributed by atoms with van der Waals surface area (Å²) in [6.45, 7) is 6.34. The number of rotatable bonds is 10. The molecular weight excluding hydrogens is 471 g/mol. The molecule has 1 N–H and O–H groups in total. The van der Waals surface area contributed by atoms with Crippen LogP contribution in [0.2, 0.25) is 10.0 Å². The smallest absolute Gasteiger partial charge is 0.234 e. The molecule has 1 amide bonds. The highest BCUT2D eigenvalue weighted by molar-refractivity contribution is 7.99. The van der Waals surface area contributed by atoms with E-state index in [0.717, 1.165) is 22.2 Å². The van der Waals surface area contributed by atoms with Gasteiger partial charge in [-0.05, 0) is 42.3 Å². The Balaban J connectivity index is 1.57. The SMILES string of the molecule is C=CCn1c(CSCc2ccc(Cl)cc2)nnc1SCC(=O)Nc1cc(Cl)ccc1C. The number of nitrogens with zero attached hydrogens (tertiary/aromatic N) is 3. The van der Waals surface area contributed by atoms with Crippen molar-refractivity contribution in [2.75, 3.05) is 11.1 Å². The molecule has 0 aliphatic carbocycles. The van der Waals surface area contributed by atoms with Crippen LogP contribution < -0.4 is 5.32 Å². The van der Waals surface area contributed by atoms with Crippen LogP contribution in [0.5, 0.6) is 0 Å². The molecule has 0 aliphatic heterocycles. The first-order chi connectivity index (χ1) is 15.0. The predicted molar refractivity (Wildman–Crippen MR) is 132 cm³/mol. The summed E-state index contributed by atoms with van der Waals surface area (Å²) in [5, 5.41) is 13.5. The molecule has 3 rings (SSSR count). The fraction of sp³-hybridized carbons (Fsp3) is 0.227. The van der Waals surface area contributed by atoms with Crippen molar-refractivity contribution in [1.29, 1.82) is 0 Å². The number of aryl methyl sites for hydroxylation is 1. The Bertz CT molecular complexity index is 1050. The zero-order valence-corrected chi connectivity index (χ0v) is 20.1. The zero-order chi connectivity index (χ0) is 22.2. The van der Waals surface area contributed by atoms with Crippen LogP contribution >= 0.6 is 46.7 Å². The summed E-state index contributed by atoms with van der Waals surface area (Å²) < 4.78 is 1.99. The van der Waals surface area contributed by atoms with Gasteiger partial charge in [0.1, 0.15) is 5.82 Å². The van der Waals surface area contributed by atoms with E-state index in [1.807, 2.05) is 41.8 Å². The Labute approximate surface area is 200 Å². The van der Waals surface area contributed by atoms with Crippen molar-refractivity contribution in [3.63, 3.8) is 0 Å². The molecule has 0 saturated carbocycles. The van der Waals surface area contributed by atoms with Crippen molar-refractivity contribution in [3.05, 3.63) is 82.1 Å². The molecule has 5 nitrogen and oxygen atoms in total. The fourth-order valence-corrected chi connectivity index (χ4v) is 4.72. The number of halogens is 2. The van der Waals surface area contributed by atoms with Crippen LogP contribution in [-0.2, 0) is 22.8 Å². The lowest BCUT2D eigenvalue weighted by Gasteiger charge is -2.10. The summed E-state index contributed by atoms with van der Waals surface area (Å²) in [4.78, 5) is 12.4. The molecule has 0 saturated heterocycles. The topological polar surface area (TPSA) is 59.8 Å². The summed E-state index contributed by atoms with van der Waals surface area (Å²) in [6.07, 6.45) is 1.80. The average molecular weight is 493 g/mol. The van der Waals surface area contributed by atoms with E-state index in [4.69, 9.17) is 23.2 Å². The largest absolute Gasteiger partial charge is 0.325 e. The van der Waals surface area contributed by atoms with Crippen LogP contribution in [0.1, 0.15) is 17.0 Å². The lowest BCUT2D eigenvalue weighted by atomic mass is 10.2. The molecule has 0 fully saturated rings. The third-order valence-electron chi connectivity index (χ3n) is 4.32. The number of carbonyl (C=O) groups excluding carboxylic acids is 1. The summed E-state index contributed by atoms with van der Waals surface area (Å²) in [5.41, 5.74) is 2.87. The maximum atomic E-state index is 12.4. The molecule has 0 aliphatic rings. The van der Waals surface area contributed by atoms with Crippen LogP contribution in [0.3, 0.4) is 0 Å². The second-order valence-corrected chi connectivity index (χ2v) is 9.51. The number of carbonyl (C=O) groups is 1. The molecule has 31 heavy (non-hydrogen) atoms. The van der Waals surface area contributed by atoms with E-state index in [0.29, 0.717) is 28.2 Å². The Morgan fingerprint density at radius 1 is 1.13 bits per heavy atom. The van der Waals surface area contributed by atoms with Crippen LogP contribution in [0.25, 0.3) is 0 Å². The molecule has 0 bridgehead atoms. The van der Waals surface area contributed by atoms with Gasteiger partial charge >= 0.3 is 0 Å². The van der Waals surface area contributed by atoms with Gasteiger partial charge in [0.2, 0.25) is 5.91 Å². The molecule has 9 heteroatoms. The van der Waals surface area contributed by atoms with Gasteiger partial charge in [-0.3, -0.25) is 4.79 Å². The van der Waals surface area contributed by atoms with Crippen molar-refractivity contribution in [2.45, 2.75) is 30.1 Å². The molecule has 0 spiro atoms. The third kappa shape index (κ3) is 7.04. The monoisotopic (exact) mass is 492 g/mol. The molecule has 1 aromatic heterocycles. The number of nitrogens with one attached hydrogen (secondary N) is 1. The third-order valence-corrected chi connectivity index (χ3v) is 6.78. The molecule has 1 heterocycles. The zero-order valence-electron chi connectivity index (χ0n) is 17.0. The number of aromatic nitrogens is 3. The molecule has 0 unspecified atom stereocenters. The number of hydrogen-bond acceptors (Lipinski definition) is 5. The minimum atomic E-state index is -0.123. The normalized spacial score (nSPS) is 10.8. The molecule has 3 aromatic rings. The van der Waals surface area contributed by atoms with Crippen LogP contribution in [-0.4, -0.2) is 26.4 Å². The number of amides is 1. The number of thioether (sulfide) groups is 2. The molecule has 2 aromatic carbocycles. The van der Waals surface area contributed by atoms with E-state index in [-0.39, 0.29) is 11.7 Å². The van der Waals surface area contributed by atoms with Gasteiger partial charge in [-0.15, -0.1) is 28.5 Å².